The third kappa shape index (κ3) is 3.00. The molecular weight excluding hydrogens is 320 g/mol. The lowest BCUT2D eigenvalue weighted by molar-refractivity contribution is 0.102. The Bertz CT molecular complexity index is 790. The molecule has 0 radical (unpaired) electrons. The number of hydrogen-bond acceptors (Lipinski definition) is 7. The molecule has 0 saturated heterocycles. The van der Waals surface area contributed by atoms with Crippen LogP contribution in [0.15, 0.2) is 17.6 Å². The van der Waals surface area contributed by atoms with Crippen molar-refractivity contribution in [3.8, 4) is 10.7 Å². The Morgan fingerprint density at radius 1 is 1.45 bits per heavy atom. The highest BCUT2D eigenvalue weighted by Gasteiger charge is 2.14. The van der Waals surface area contributed by atoms with E-state index >= 15 is 0 Å². The van der Waals surface area contributed by atoms with Crippen molar-refractivity contribution in [3.63, 3.8) is 0 Å². The van der Waals surface area contributed by atoms with Crippen molar-refractivity contribution < 1.29 is 4.79 Å². The fourth-order valence-electron chi connectivity index (χ4n) is 1.81. The quantitative estimate of drug-likeness (QED) is 0.666. The van der Waals surface area contributed by atoms with E-state index in [9.17, 15) is 4.79 Å². The maximum absolute atomic E-state index is 12.1. The van der Waals surface area contributed by atoms with Crippen molar-refractivity contribution in [1.82, 2.24) is 20.2 Å². The van der Waals surface area contributed by atoms with Gasteiger partial charge in [-0.05, 0) is 30.9 Å². The van der Waals surface area contributed by atoms with Gasteiger partial charge in [-0.25, -0.2) is 4.98 Å². The molecule has 3 aromatic rings. The van der Waals surface area contributed by atoms with E-state index in [-0.39, 0.29) is 11.9 Å². The number of thiophene rings is 1. The number of amides is 1. The van der Waals surface area contributed by atoms with Crippen LogP contribution in [0, 0.1) is 6.92 Å². The van der Waals surface area contributed by atoms with Crippen LogP contribution in [0.5, 0.6) is 0 Å². The topological polar surface area (TPSA) is 95.6 Å². The van der Waals surface area contributed by atoms with E-state index in [1.807, 2.05) is 25.3 Å². The van der Waals surface area contributed by atoms with Crippen molar-refractivity contribution in [2.75, 3.05) is 17.2 Å². The molecule has 0 spiro atoms. The first-order valence-electron chi connectivity index (χ1n) is 6.65. The molecule has 0 aromatic carbocycles. The molecular formula is C13H14N6OS2. The Balaban J connectivity index is 1.72. The molecule has 7 nitrogen and oxygen atoms in total. The molecule has 114 valence electrons. The molecule has 1 amide bonds. The molecule has 3 heterocycles. The second kappa shape index (κ2) is 6.24. The first-order valence-corrected chi connectivity index (χ1v) is 8.35. The molecule has 3 aromatic heterocycles. The van der Waals surface area contributed by atoms with Crippen LogP contribution in [0.3, 0.4) is 0 Å². The fraction of sp³-hybridized carbons (Fsp3) is 0.231. The molecule has 22 heavy (non-hydrogen) atoms. The van der Waals surface area contributed by atoms with Gasteiger partial charge in [0.1, 0.15) is 4.88 Å². The van der Waals surface area contributed by atoms with Crippen LogP contribution in [0.25, 0.3) is 10.7 Å². The van der Waals surface area contributed by atoms with Gasteiger partial charge in [-0.15, -0.1) is 16.4 Å². The molecule has 0 unspecified atom stereocenters. The number of thiazole rings is 1. The van der Waals surface area contributed by atoms with Gasteiger partial charge >= 0.3 is 0 Å². The number of carbonyl (C=O) groups excluding carboxylic acids is 1. The minimum Gasteiger partial charge on any atom is -0.362 e. The molecule has 0 bridgehead atoms. The van der Waals surface area contributed by atoms with E-state index < -0.39 is 0 Å². The van der Waals surface area contributed by atoms with Crippen molar-refractivity contribution in [3.05, 3.63) is 28.1 Å². The second-order valence-electron chi connectivity index (χ2n) is 4.45. The van der Waals surface area contributed by atoms with E-state index in [1.165, 1.54) is 17.5 Å². The summed E-state index contributed by atoms with van der Waals surface area (Å²) in [5, 5.41) is 15.3. The second-order valence-corrected chi connectivity index (χ2v) is 6.40. The summed E-state index contributed by atoms with van der Waals surface area (Å²) in [7, 11) is 0. The first-order chi connectivity index (χ1) is 10.7. The van der Waals surface area contributed by atoms with Gasteiger partial charge in [-0.2, -0.15) is 4.98 Å². The van der Waals surface area contributed by atoms with Gasteiger partial charge in [0.05, 0.1) is 11.1 Å². The molecule has 0 fully saturated rings. The molecule has 3 rings (SSSR count). The van der Waals surface area contributed by atoms with E-state index in [2.05, 4.69) is 30.8 Å². The standard InChI is InChI=1S/C13H14N6OS2/c1-3-14-13-15-6-8(22-13)11(20)17-12-16-10(18-19-12)9-7(2)4-5-21-9/h4-6H,3H2,1-2H3,(H,14,15)(H2,16,17,18,19,20). The molecule has 0 aliphatic carbocycles. The number of anilines is 2. The number of H-pyrrole nitrogens is 1. The van der Waals surface area contributed by atoms with E-state index in [0.29, 0.717) is 10.7 Å². The molecule has 0 saturated carbocycles. The Hall–Kier alpha value is -2.26. The summed E-state index contributed by atoms with van der Waals surface area (Å²) in [5.74, 6) is 0.641. The van der Waals surface area contributed by atoms with E-state index in [0.717, 1.165) is 22.1 Å². The minimum absolute atomic E-state index is 0.256. The minimum atomic E-state index is -0.268. The molecule has 0 atom stereocenters. The van der Waals surface area contributed by atoms with Gasteiger partial charge in [0.25, 0.3) is 5.91 Å². The van der Waals surface area contributed by atoms with Crippen LogP contribution in [0.2, 0.25) is 0 Å². The zero-order valence-electron chi connectivity index (χ0n) is 12.0. The molecule has 0 aliphatic rings. The van der Waals surface area contributed by atoms with Gasteiger partial charge < -0.3 is 5.32 Å². The Kier molecular flexibility index (Phi) is 4.16. The Morgan fingerprint density at radius 2 is 2.32 bits per heavy atom. The van der Waals surface area contributed by atoms with Crippen LogP contribution in [0.1, 0.15) is 22.2 Å². The third-order valence-corrected chi connectivity index (χ3v) is 4.82. The number of rotatable bonds is 5. The number of hydrogen-bond donors (Lipinski definition) is 3. The normalized spacial score (nSPS) is 10.6. The van der Waals surface area contributed by atoms with Crippen molar-refractivity contribution in [2.24, 2.45) is 0 Å². The number of nitrogens with one attached hydrogen (secondary N) is 3. The SMILES string of the molecule is CCNc1ncc(C(=O)Nc2n[nH]c(-c3sccc3C)n2)s1. The number of carbonyl (C=O) groups is 1. The summed E-state index contributed by atoms with van der Waals surface area (Å²) >= 11 is 2.87. The maximum atomic E-state index is 12.1. The summed E-state index contributed by atoms with van der Waals surface area (Å²) in [4.78, 5) is 22.1. The van der Waals surface area contributed by atoms with Crippen molar-refractivity contribution in [2.45, 2.75) is 13.8 Å². The maximum Gasteiger partial charge on any atom is 0.269 e. The van der Waals surface area contributed by atoms with Gasteiger partial charge in [-0.1, -0.05) is 11.3 Å². The van der Waals surface area contributed by atoms with Crippen LogP contribution in [-0.2, 0) is 0 Å². The average molecular weight is 334 g/mol. The number of nitrogens with zero attached hydrogens (tertiary/aromatic N) is 3. The average Bonchev–Trinajstić information content (AvgIpc) is 3.20. The monoisotopic (exact) mass is 334 g/mol. The summed E-state index contributed by atoms with van der Waals surface area (Å²) in [5.41, 5.74) is 1.12. The lowest BCUT2D eigenvalue weighted by atomic mass is 10.3. The molecule has 9 heteroatoms. The van der Waals surface area contributed by atoms with Gasteiger partial charge in [0.15, 0.2) is 11.0 Å². The summed E-state index contributed by atoms with van der Waals surface area (Å²) < 4.78 is 0. The number of aromatic amines is 1. The summed E-state index contributed by atoms with van der Waals surface area (Å²) in [6, 6.07) is 2.01. The summed E-state index contributed by atoms with van der Waals surface area (Å²) in [6.45, 7) is 4.74. The predicted octanol–water partition coefficient (Wildman–Crippen LogP) is 2.98. The smallest absolute Gasteiger partial charge is 0.269 e. The number of aryl methyl sites for hydroxylation is 1. The van der Waals surface area contributed by atoms with Crippen LogP contribution in [0.4, 0.5) is 11.1 Å². The first kappa shape index (κ1) is 14.7. The third-order valence-electron chi connectivity index (χ3n) is 2.85. The number of aromatic nitrogens is 4. The highest BCUT2D eigenvalue weighted by atomic mass is 32.1. The lowest BCUT2D eigenvalue weighted by Crippen LogP contribution is -2.11. The van der Waals surface area contributed by atoms with E-state index in [4.69, 9.17) is 0 Å². The van der Waals surface area contributed by atoms with Crippen molar-refractivity contribution >= 4 is 39.7 Å². The zero-order valence-corrected chi connectivity index (χ0v) is 13.6. The molecule has 0 aliphatic heterocycles. The Morgan fingerprint density at radius 3 is 3.05 bits per heavy atom. The highest BCUT2D eigenvalue weighted by Crippen LogP contribution is 2.26. The van der Waals surface area contributed by atoms with Gasteiger partial charge in [0, 0.05) is 6.54 Å². The highest BCUT2D eigenvalue weighted by molar-refractivity contribution is 7.17. The molecule has 3 N–H and O–H groups in total. The van der Waals surface area contributed by atoms with Crippen LogP contribution >= 0.6 is 22.7 Å². The van der Waals surface area contributed by atoms with Gasteiger partial charge in [0.2, 0.25) is 5.95 Å². The fourth-order valence-corrected chi connectivity index (χ4v) is 3.45. The Labute approximate surface area is 134 Å². The van der Waals surface area contributed by atoms with E-state index in [1.54, 1.807) is 11.3 Å². The van der Waals surface area contributed by atoms with Crippen molar-refractivity contribution in [1.29, 1.82) is 0 Å². The van der Waals surface area contributed by atoms with Gasteiger partial charge in [-0.3, -0.25) is 15.2 Å². The van der Waals surface area contributed by atoms with Crippen LogP contribution in [-0.4, -0.2) is 32.6 Å². The predicted molar refractivity (Wildman–Crippen MR) is 88.7 cm³/mol. The largest absolute Gasteiger partial charge is 0.362 e. The lowest BCUT2D eigenvalue weighted by Gasteiger charge is -1.96. The summed E-state index contributed by atoms with van der Waals surface area (Å²) in [6.07, 6.45) is 1.54. The van der Waals surface area contributed by atoms with Crippen LogP contribution < -0.4 is 10.6 Å². The zero-order chi connectivity index (χ0) is 15.5.